The van der Waals surface area contributed by atoms with Gasteiger partial charge in [-0.15, -0.1) is 0 Å². The number of nitrogens with zero attached hydrogens (tertiary/aromatic N) is 1. The van der Waals surface area contributed by atoms with Gasteiger partial charge in [0.15, 0.2) is 0 Å². The fourth-order valence-corrected chi connectivity index (χ4v) is 2.67. The van der Waals surface area contributed by atoms with Crippen molar-refractivity contribution >= 4 is 38.9 Å². The summed E-state index contributed by atoms with van der Waals surface area (Å²) in [6, 6.07) is 11.8. The molecule has 0 fully saturated rings. The lowest BCUT2D eigenvalue weighted by Gasteiger charge is -2.19. The first-order valence-electron chi connectivity index (χ1n) is 6.54. The van der Waals surface area contributed by atoms with E-state index >= 15 is 0 Å². The van der Waals surface area contributed by atoms with Crippen molar-refractivity contribution in [1.82, 2.24) is 0 Å². The first-order valence-corrected chi connectivity index (χ1v) is 7.71. The van der Waals surface area contributed by atoms with Crippen LogP contribution in [0.2, 0.25) is 5.02 Å². The Morgan fingerprint density at radius 2 is 1.95 bits per heavy atom. The number of benzene rings is 2. The third-order valence-corrected chi connectivity index (χ3v) is 3.88. The Balaban J connectivity index is 2.24. The molecule has 0 bridgehead atoms. The molecule has 0 unspecified atom stereocenters. The molecule has 0 aliphatic heterocycles. The van der Waals surface area contributed by atoms with Crippen molar-refractivity contribution in [2.75, 3.05) is 31.4 Å². The molecule has 0 aliphatic carbocycles. The lowest BCUT2D eigenvalue weighted by atomic mass is 10.2. The van der Waals surface area contributed by atoms with Crippen LogP contribution in [-0.2, 0) is 6.54 Å². The molecule has 0 aromatic heterocycles. The zero-order chi connectivity index (χ0) is 15.4. The van der Waals surface area contributed by atoms with Crippen molar-refractivity contribution in [3.8, 4) is 5.75 Å². The van der Waals surface area contributed by atoms with Crippen molar-refractivity contribution < 1.29 is 4.74 Å². The van der Waals surface area contributed by atoms with Gasteiger partial charge in [0.2, 0.25) is 0 Å². The first kappa shape index (κ1) is 16.0. The zero-order valence-electron chi connectivity index (χ0n) is 12.3. The van der Waals surface area contributed by atoms with Crippen LogP contribution in [0.5, 0.6) is 5.75 Å². The Morgan fingerprint density at radius 1 is 1.19 bits per heavy atom. The average molecular weight is 370 g/mol. The molecular formula is C16H18BrClN2O. The fraction of sp³-hybridized carbons (Fsp3) is 0.250. The van der Waals surface area contributed by atoms with E-state index in [0.717, 1.165) is 27.2 Å². The van der Waals surface area contributed by atoms with Gasteiger partial charge in [0, 0.05) is 35.7 Å². The highest BCUT2D eigenvalue weighted by Gasteiger charge is 2.08. The van der Waals surface area contributed by atoms with E-state index in [1.807, 2.05) is 38.4 Å². The van der Waals surface area contributed by atoms with Gasteiger partial charge in [-0.1, -0.05) is 27.5 Å². The maximum atomic E-state index is 6.06. The highest BCUT2D eigenvalue weighted by Crippen LogP contribution is 2.30. The predicted molar refractivity (Wildman–Crippen MR) is 93.8 cm³/mol. The summed E-state index contributed by atoms with van der Waals surface area (Å²) >= 11 is 9.57. The Bertz CT molecular complexity index is 632. The van der Waals surface area contributed by atoms with Crippen LogP contribution in [0.1, 0.15) is 5.56 Å². The number of halogens is 2. The summed E-state index contributed by atoms with van der Waals surface area (Å²) in [5.41, 5.74) is 3.20. The second kappa shape index (κ2) is 7.05. The smallest absolute Gasteiger partial charge is 0.123 e. The van der Waals surface area contributed by atoms with Gasteiger partial charge < -0.3 is 15.0 Å². The number of ether oxygens (including phenoxy) is 1. The van der Waals surface area contributed by atoms with Crippen molar-refractivity contribution in [2.45, 2.75) is 6.54 Å². The largest absolute Gasteiger partial charge is 0.496 e. The van der Waals surface area contributed by atoms with E-state index in [0.29, 0.717) is 11.6 Å². The quantitative estimate of drug-likeness (QED) is 0.820. The van der Waals surface area contributed by atoms with Gasteiger partial charge in [-0.3, -0.25) is 0 Å². The molecule has 5 heteroatoms. The van der Waals surface area contributed by atoms with E-state index in [9.17, 15) is 0 Å². The van der Waals surface area contributed by atoms with Gasteiger partial charge in [0.25, 0.3) is 0 Å². The molecule has 0 radical (unpaired) electrons. The van der Waals surface area contributed by atoms with Crippen molar-refractivity contribution in [3.05, 3.63) is 51.5 Å². The van der Waals surface area contributed by atoms with Crippen LogP contribution >= 0.6 is 27.5 Å². The van der Waals surface area contributed by atoms with Gasteiger partial charge in [0.05, 0.1) is 18.5 Å². The molecule has 0 heterocycles. The van der Waals surface area contributed by atoms with E-state index in [-0.39, 0.29) is 0 Å². The SMILES string of the molecule is COc1ccc(Cl)cc1CNc1cc(Br)ccc1N(C)C. The van der Waals surface area contributed by atoms with Crippen LogP contribution < -0.4 is 15.0 Å². The fourth-order valence-electron chi connectivity index (χ4n) is 2.12. The molecule has 2 aromatic rings. The summed E-state index contributed by atoms with van der Waals surface area (Å²) in [6.45, 7) is 0.640. The van der Waals surface area contributed by atoms with Gasteiger partial charge in [-0.25, -0.2) is 0 Å². The van der Waals surface area contributed by atoms with Gasteiger partial charge in [-0.2, -0.15) is 0 Å². The minimum Gasteiger partial charge on any atom is -0.496 e. The first-order chi connectivity index (χ1) is 10.0. The molecule has 1 N–H and O–H groups in total. The summed E-state index contributed by atoms with van der Waals surface area (Å²) in [4.78, 5) is 2.07. The van der Waals surface area contributed by atoms with Crippen molar-refractivity contribution in [2.24, 2.45) is 0 Å². The van der Waals surface area contributed by atoms with E-state index in [1.165, 1.54) is 0 Å². The number of nitrogens with one attached hydrogen (secondary N) is 1. The van der Waals surface area contributed by atoms with Gasteiger partial charge in [0.1, 0.15) is 5.75 Å². The normalized spacial score (nSPS) is 10.3. The molecule has 2 rings (SSSR count). The molecular weight excluding hydrogens is 352 g/mol. The van der Waals surface area contributed by atoms with E-state index in [4.69, 9.17) is 16.3 Å². The molecule has 112 valence electrons. The Labute approximate surface area is 139 Å². The molecule has 0 amide bonds. The lowest BCUT2D eigenvalue weighted by Crippen LogP contribution is -2.12. The second-order valence-electron chi connectivity index (χ2n) is 4.87. The topological polar surface area (TPSA) is 24.5 Å². The van der Waals surface area contributed by atoms with Crippen LogP contribution in [0.4, 0.5) is 11.4 Å². The minimum absolute atomic E-state index is 0.640. The van der Waals surface area contributed by atoms with Crippen LogP contribution in [-0.4, -0.2) is 21.2 Å². The number of hydrogen-bond donors (Lipinski definition) is 1. The maximum absolute atomic E-state index is 6.06. The Morgan fingerprint density at radius 3 is 2.62 bits per heavy atom. The molecule has 0 aliphatic rings. The van der Waals surface area contributed by atoms with Gasteiger partial charge >= 0.3 is 0 Å². The summed E-state index contributed by atoms with van der Waals surface area (Å²) in [5.74, 6) is 0.827. The van der Waals surface area contributed by atoms with E-state index in [2.05, 4.69) is 38.3 Å². The Kier molecular flexibility index (Phi) is 5.37. The van der Waals surface area contributed by atoms with Crippen LogP contribution in [0.3, 0.4) is 0 Å². The molecule has 0 atom stereocenters. The summed E-state index contributed by atoms with van der Waals surface area (Å²) in [5, 5.41) is 4.15. The Hall–Kier alpha value is -1.39. The molecule has 0 saturated carbocycles. The van der Waals surface area contributed by atoms with E-state index < -0.39 is 0 Å². The molecule has 21 heavy (non-hydrogen) atoms. The number of rotatable bonds is 5. The standard InChI is InChI=1S/C16H18BrClN2O/c1-20(2)15-6-4-12(17)9-14(15)19-10-11-8-13(18)5-7-16(11)21-3/h4-9,19H,10H2,1-3H3. The van der Waals surface area contributed by atoms with Crippen molar-refractivity contribution in [3.63, 3.8) is 0 Å². The number of anilines is 2. The summed E-state index contributed by atoms with van der Waals surface area (Å²) < 4.78 is 6.41. The van der Waals surface area contributed by atoms with Crippen LogP contribution in [0, 0.1) is 0 Å². The maximum Gasteiger partial charge on any atom is 0.123 e. The average Bonchev–Trinajstić information content (AvgIpc) is 2.45. The third-order valence-electron chi connectivity index (χ3n) is 3.15. The number of methoxy groups -OCH3 is 1. The third kappa shape index (κ3) is 4.05. The molecule has 3 nitrogen and oxygen atoms in total. The monoisotopic (exact) mass is 368 g/mol. The summed E-state index contributed by atoms with van der Waals surface area (Å²) in [7, 11) is 5.71. The van der Waals surface area contributed by atoms with Crippen molar-refractivity contribution in [1.29, 1.82) is 0 Å². The summed E-state index contributed by atoms with van der Waals surface area (Å²) in [6.07, 6.45) is 0. The predicted octanol–water partition coefficient (Wildman–Crippen LogP) is 4.79. The zero-order valence-corrected chi connectivity index (χ0v) is 14.6. The van der Waals surface area contributed by atoms with Crippen LogP contribution in [0.25, 0.3) is 0 Å². The molecule has 2 aromatic carbocycles. The number of hydrogen-bond acceptors (Lipinski definition) is 3. The van der Waals surface area contributed by atoms with Gasteiger partial charge in [-0.05, 0) is 36.4 Å². The second-order valence-corrected chi connectivity index (χ2v) is 6.22. The minimum atomic E-state index is 0.640. The lowest BCUT2D eigenvalue weighted by molar-refractivity contribution is 0.410. The molecule has 0 spiro atoms. The van der Waals surface area contributed by atoms with E-state index in [1.54, 1.807) is 7.11 Å². The molecule has 0 saturated heterocycles. The highest BCUT2D eigenvalue weighted by atomic mass is 79.9. The highest BCUT2D eigenvalue weighted by molar-refractivity contribution is 9.10. The van der Waals surface area contributed by atoms with Crippen LogP contribution in [0.15, 0.2) is 40.9 Å².